The first-order valence-corrected chi connectivity index (χ1v) is 8.47. The Labute approximate surface area is 147 Å². The van der Waals surface area contributed by atoms with E-state index in [9.17, 15) is 4.79 Å². The summed E-state index contributed by atoms with van der Waals surface area (Å²) < 4.78 is 0. The van der Waals surface area contributed by atoms with Gasteiger partial charge in [0.15, 0.2) is 0 Å². The molecule has 3 aromatic rings. The highest BCUT2D eigenvalue weighted by Crippen LogP contribution is 2.21. The maximum absolute atomic E-state index is 10.7. The van der Waals surface area contributed by atoms with Gasteiger partial charge in [0.2, 0.25) is 5.91 Å². The van der Waals surface area contributed by atoms with E-state index in [0.717, 1.165) is 25.1 Å². The highest BCUT2D eigenvalue weighted by Gasteiger charge is 2.07. The zero-order valence-electron chi connectivity index (χ0n) is 14.4. The molecule has 0 unspecified atom stereocenters. The number of amides is 1. The van der Waals surface area contributed by atoms with Crippen LogP contribution in [0.25, 0.3) is 17.0 Å². The second-order valence-corrected chi connectivity index (χ2v) is 6.18. The van der Waals surface area contributed by atoms with Crippen LogP contribution in [0, 0.1) is 6.92 Å². The summed E-state index contributed by atoms with van der Waals surface area (Å²) in [4.78, 5) is 14.2. The van der Waals surface area contributed by atoms with Crippen molar-refractivity contribution in [3.63, 3.8) is 0 Å². The summed E-state index contributed by atoms with van der Waals surface area (Å²) in [5.41, 5.74) is 11.1. The molecule has 0 aliphatic rings. The molecule has 1 amide bonds. The molecule has 128 valence electrons. The van der Waals surface area contributed by atoms with Gasteiger partial charge in [-0.15, -0.1) is 0 Å². The number of rotatable bonds is 7. The van der Waals surface area contributed by atoms with E-state index in [-0.39, 0.29) is 0 Å². The molecule has 0 saturated carbocycles. The number of H-pyrrole nitrogens is 1. The lowest BCUT2D eigenvalue weighted by molar-refractivity contribution is -0.113. The number of nitrogens with one attached hydrogen (secondary N) is 2. The number of carbonyl (C=O) groups is 1. The van der Waals surface area contributed by atoms with Gasteiger partial charge in [-0.2, -0.15) is 0 Å². The van der Waals surface area contributed by atoms with Crippen LogP contribution in [0.15, 0.2) is 54.6 Å². The number of para-hydroxylation sites is 1. The molecule has 4 nitrogen and oxygen atoms in total. The number of aromatic amines is 1. The quantitative estimate of drug-likeness (QED) is 0.458. The van der Waals surface area contributed by atoms with E-state index >= 15 is 0 Å². The van der Waals surface area contributed by atoms with Crippen molar-refractivity contribution in [1.82, 2.24) is 10.3 Å². The molecule has 1 aromatic heterocycles. The lowest BCUT2D eigenvalue weighted by Gasteiger charge is -2.06. The van der Waals surface area contributed by atoms with Crippen molar-refractivity contribution in [2.45, 2.75) is 19.9 Å². The average molecular weight is 333 g/mol. The average Bonchev–Trinajstić information content (AvgIpc) is 2.93. The maximum atomic E-state index is 10.7. The minimum absolute atomic E-state index is 0.432. The molecule has 0 fully saturated rings. The molecule has 0 radical (unpaired) electrons. The topological polar surface area (TPSA) is 70.9 Å². The van der Waals surface area contributed by atoms with E-state index in [1.54, 1.807) is 6.08 Å². The highest BCUT2D eigenvalue weighted by molar-refractivity contribution is 5.90. The van der Waals surface area contributed by atoms with Gasteiger partial charge in [-0.05, 0) is 48.7 Å². The van der Waals surface area contributed by atoms with Gasteiger partial charge in [-0.25, -0.2) is 0 Å². The van der Waals surface area contributed by atoms with Gasteiger partial charge in [-0.3, -0.25) is 4.79 Å². The molecule has 2 aromatic carbocycles. The van der Waals surface area contributed by atoms with Crippen LogP contribution in [0.5, 0.6) is 0 Å². The molecule has 0 aliphatic carbocycles. The fourth-order valence-corrected chi connectivity index (χ4v) is 3.03. The van der Waals surface area contributed by atoms with Gasteiger partial charge >= 0.3 is 0 Å². The summed E-state index contributed by atoms with van der Waals surface area (Å²) in [6, 6.07) is 16.5. The smallest absolute Gasteiger partial charge is 0.241 e. The molecule has 4 heteroatoms. The molecule has 0 spiro atoms. The SMILES string of the molecule is Cc1[nH]c2ccccc2c1CCNCc1ccc(/C=C/C(N)=O)cc1. The van der Waals surface area contributed by atoms with E-state index in [1.165, 1.54) is 33.8 Å². The van der Waals surface area contributed by atoms with Crippen LogP contribution < -0.4 is 11.1 Å². The van der Waals surface area contributed by atoms with Gasteiger partial charge in [0.05, 0.1) is 0 Å². The molecule has 0 bridgehead atoms. The second-order valence-electron chi connectivity index (χ2n) is 6.18. The number of benzene rings is 2. The number of fused-ring (bicyclic) bond motifs is 1. The molecule has 3 rings (SSSR count). The Bertz CT molecular complexity index is 891. The minimum Gasteiger partial charge on any atom is -0.366 e. The molecule has 4 N–H and O–H groups in total. The van der Waals surface area contributed by atoms with E-state index in [4.69, 9.17) is 5.73 Å². The fraction of sp³-hybridized carbons (Fsp3) is 0.190. The van der Waals surface area contributed by atoms with Crippen molar-refractivity contribution in [3.8, 4) is 0 Å². The van der Waals surface area contributed by atoms with Crippen molar-refractivity contribution in [1.29, 1.82) is 0 Å². The zero-order valence-corrected chi connectivity index (χ0v) is 14.4. The Morgan fingerprint density at radius 1 is 1.16 bits per heavy atom. The maximum Gasteiger partial charge on any atom is 0.241 e. The standard InChI is InChI=1S/C21H23N3O/c1-15-18(19-4-2-3-5-20(19)24-15)12-13-23-14-17-8-6-16(7-9-17)10-11-21(22)25/h2-11,23-24H,12-14H2,1H3,(H2,22,25)/b11-10+. The van der Waals surface area contributed by atoms with Crippen molar-refractivity contribution >= 4 is 22.9 Å². The molecule has 0 saturated heterocycles. The van der Waals surface area contributed by atoms with Crippen molar-refractivity contribution in [3.05, 3.63) is 77.0 Å². The first-order valence-electron chi connectivity index (χ1n) is 8.47. The predicted molar refractivity (Wildman–Crippen MR) is 103 cm³/mol. The number of primary amides is 1. The summed E-state index contributed by atoms with van der Waals surface area (Å²) >= 11 is 0. The van der Waals surface area contributed by atoms with E-state index in [1.807, 2.05) is 12.1 Å². The monoisotopic (exact) mass is 333 g/mol. The zero-order chi connectivity index (χ0) is 17.6. The van der Waals surface area contributed by atoms with E-state index in [0.29, 0.717) is 0 Å². The molecule has 25 heavy (non-hydrogen) atoms. The van der Waals surface area contributed by atoms with E-state index in [2.05, 4.69) is 53.6 Å². The molecule has 1 heterocycles. The predicted octanol–water partition coefficient (Wildman–Crippen LogP) is 3.31. The highest BCUT2D eigenvalue weighted by atomic mass is 16.1. The summed E-state index contributed by atoms with van der Waals surface area (Å²) in [5, 5.41) is 4.81. The van der Waals surface area contributed by atoms with Gasteiger partial charge in [0.1, 0.15) is 0 Å². The number of hydrogen-bond donors (Lipinski definition) is 3. The summed E-state index contributed by atoms with van der Waals surface area (Å²) in [6.07, 6.45) is 4.09. The number of carbonyl (C=O) groups excluding carboxylic acids is 1. The third kappa shape index (κ3) is 4.37. The molecular weight excluding hydrogens is 310 g/mol. The second kappa shape index (κ2) is 7.81. The molecular formula is C21H23N3O. The number of hydrogen-bond acceptors (Lipinski definition) is 2. The van der Waals surface area contributed by atoms with Gasteiger partial charge < -0.3 is 16.0 Å². The van der Waals surface area contributed by atoms with Crippen LogP contribution in [0.2, 0.25) is 0 Å². The summed E-state index contributed by atoms with van der Waals surface area (Å²) in [7, 11) is 0. The number of nitrogens with two attached hydrogens (primary N) is 1. The third-order valence-electron chi connectivity index (χ3n) is 4.33. The van der Waals surface area contributed by atoms with Gasteiger partial charge in [0, 0.05) is 29.2 Å². The first-order chi connectivity index (χ1) is 12.1. The fourth-order valence-electron chi connectivity index (χ4n) is 3.03. The largest absolute Gasteiger partial charge is 0.366 e. The van der Waals surface area contributed by atoms with Gasteiger partial charge in [0.25, 0.3) is 0 Å². The third-order valence-corrected chi connectivity index (χ3v) is 4.33. The minimum atomic E-state index is -0.432. The van der Waals surface area contributed by atoms with Crippen LogP contribution in [0.3, 0.4) is 0 Å². The Morgan fingerprint density at radius 3 is 2.68 bits per heavy atom. The Hall–Kier alpha value is -2.85. The van der Waals surface area contributed by atoms with Crippen molar-refractivity contribution in [2.24, 2.45) is 5.73 Å². The normalized spacial score (nSPS) is 11.4. The first kappa shape index (κ1) is 17.0. The van der Waals surface area contributed by atoms with Crippen molar-refractivity contribution in [2.75, 3.05) is 6.54 Å². The Morgan fingerprint density at radius 2 is 1.92 bits per heavy atom. The van der Waals surface area contributed by atoms with Gasteiger partial charge in [-0.1, -0.05) is 42.5 Å². The Kier molecular flexibility index (Phi) is 5.31. The summed E-state index contributed by atoms with van der Waals surface area (Å²) in [5.74, 6) is -0.432. The lowest BCUT2D eigenvalue weighted by atomic mass is 10.1. The van der Waals surface area contributed by atoms with Crippen molar-refractivity contribution < 1.29 is 4.79 Å². The van der Waals surface area contributed by atoms with Crippen LogP contribution in [0.1, 0.15) is 22.4 Å². The van der Waals surface area contributed by atoms with Crippen LogP contribution in [0.4, 0.5) is 0 Å². The number of aryl methyl sites for hydroxylation is 1. The van der Waals surface area contributed by atoms with Crippen LogP contribution in [-0.2, 0) is 17.8 Å². The van der Waals surface area contributed by atoms with Crippen LogP contribution in [-0.4, -0.2) is 17.4 Å². The molecule has 0 aliphatic heterocycles. The summed E-state index contributed by atoms with van der Waals surface area (Å²) in [6.45, 7) is 3.88. The Balaban J connectivity index is 1.53. The van der Waals surface area contributed by atoms with E-state index < -0.39 is 5.91 Å². The lowest BCUT2D eigenvalue weighted by Crippen LogP contribution is -2.16. The number of aromatic nitrogens is 1. The molecule has 0 atom stereocenters. The van der Waals surface area contributed by atoms with Crippen LogP contribution >= 0.6 is 0 Å².